The summed E-state index contributed by atoms with van der Waals surface area (Å²) in [6, 6.07) is 10.8. The number of rotatable bonds is 7. The zero-order valence-electron chi connectivity index (χ0n) is 20.0. The highest BCUT2D eigenvalue weighted by molar-refractivity contribution is 5.90. The average Bonchev–Trinajstić information content (AvgIpc) is 3.07. The molecule has 2 aliphatic rings. The van der Waals surface area contributed by atoms with Gasteiger partial charge in [0.1, 0.15) is 18.2 Å². The first kappa shape index (κ1) is 23.3. The van der Waals surface area contributed by atoms with E-state index in [9.17, 15) is 4.79 Å². The highest BCUT2D eigenvalue weighted by Crippen LogP contribution is 2.31. The van der Waals surface area contributed by atoms with E-state index in [1.54, 1.807) is 6.07 Å². The van der Waals surface area contributed by atoms with Crippen LogP contribution in [0, 0.1) is 0 Å². The molecule has 2 fully saturated rings. The molecule has 0 spiro atoms. The summed E-state index contributed by atoms with van der Waals surface area (Å²) in [7, 11) is 0. The minimum atomic E-state index is -0.503. The summed E-state index contributed by atoms with van der Waals surface area (Å²) in [5, 5.41) is 6.76. The molecule has 2 aromatic rings. The monoisotopic (exact) mass is 453 g/mol. The third-order valence-electron chi connectivity index (χ3n) is 6.44. The van der Waals surface area contributed by atoms with Crippen LogP contribution in [0.5, 0.6) is 0 Å². The molecule has 0 bridgehead atoms. The number of benzene rings is 1. The minimum Gasteiger partial charge on any atom is -0.447 e. The number of cyclic esters (lactones) is 1. The molecular formula is C24H35N7O2. The molecular weight excluding hydrogens is 418 g/mol. The van der Waals surface area contributed by atoms with Gasteiger partial charge in [0.25, 0.3) is 0 Å². The molecule has 1 aromatic heterocycles. The normalized spacial score (nSPS) is 20.4. The van der Waals surface area contributed by atoms with E-state index in [-0.39, 0.29) is 6.04 Å². The predicted octanol–water partition coefficient (Wildman–Crippen LogP) is 3.32. The van der Waals surface area contributed by atoms with Gasteiger partial charge in [0.05, 0.1) is 11.6 Å². The van der Waals surface area contributed by atoms with Gasteiger partial charge in [-0.05, 0) is 38.3 Å². The Morgan fingerprint density at radius 1 is 1.18 bits per heavy atom. The van der Waals surface area contributed by atoms with Gasteiger partial charge in [-0.3, -0.25) is 9.80 Å². The number of nitrogens with zero attached hydrogens (tertiary/aromatic N) is 4. The number of hydrogen-bond acceptors (Lipinski definition) is 8. The van der Waals surface area contributed by atoms with Gasteiger partial charge in [-0.15, -0.1) is 0 Å². The molecule has 2 saturated heterocycles. The number of piperazine rings is 1. The molecule has 9 nitrogen and oxygen atoms in total. The van der Waals surface area contributed by atoms with Gasteiger partial charge in [0, 0.05) is 38.3 Å². The number of anilines is 3. The van der Waals surface area contributed by atoms with Gasteiger partial charge in [-0.1, -0.05) is 31.2 Å². The SMILES string of the molecule is CCC(c1ccc([C@H](C)Nc2nc(N)cc(N3C(=O)OCC3(C)C)n2)cc1)N1CCNCC1. The first-order chi connectivity index (χ1) is 15.8. The fourth-order valence-electron chi connectivity index (χ4n) is 4.63. The zero-order chi connectivity index (χ0) is 23.6. The van der Waals surface area contributed by atoms with E-state index in [0.717, 1.165) is 38.2 Å². The lowest BCUT2D eigenvalue weighted by molar-refractivity contribution is 0.169. The van der Waals surface area contributed by atoms with Crippen molar-refractivity contribution in [3.63, 3.8) is 0 Å². The summed E-state index contributed by atoms with van der Waals surface area (Å²) in [4.78, 5) is 25.2. The Morgan fingerprint density at radius 3 is 2.45 bits per heavy atom. The fourth-order valence-corrected chi connectivity index (χ4v) is 4.63. The number of nitrogens with two attached hydrogens (primary N) is 1. The van der Waals surface area contributed by atoms with Gasteiger partial charge in [0.2, 0.25) is 5.95 Å². The lowest BCUT2D eigenvalue weighted by atomic mass is 9.98. The van der Waals surface area contributed by atoms with Crippen LogP contribution in [-0.4, -0.2) is 59.3 Å². The van der Waals surface area contributed by atoms with Crippen LogP contribution in [0.25, 0.3) is 0 Å². The van der Waals surface area contributed by atoms with Crippen molar-refractivity contribution in [1.82, 2.24) is 20.2 Å². The number of ether oxygens (including phenoxy) is 1. The van der Waals surface area contributed by atoms with Gasteiger partial charge in [0.15, 0.2) is 0 Å². The molecule has 0 radical (unpaired) electrons. The summed E-state index contributed by atoms with van der Waals surface area (Å²) in [5.41, 5.74) is 8.00. The first-order valence-corrected chi connectivity index (χ1v) is 11.7. The third kappa shape index (κ3) is 5.04. The molecule has 2 aliphatic heterocycles. The van der Waals surface area contributed by atoms with Crippen LogP contribution >= 0.6 is 0 Å². The molecule has 1 aromatic carbocycles. The maximum Gasteiger partial charge on any atom is 0.416 e. The molecule has 2 atom stereocenters. The Kier molecular flexibility index (Phi) is 6.71. The molecule has 1 unspecified atom stereocenters. The number of carbonyl (C=O) groups is 1. The Bertz CT molecular complexity index is 973. The Balaban J connectivity index is 1.48. The number of aromatic nitrogens is 2. The summed E-state index contributed by atoms with van der Waals surface area (Å²) >= 11 is 0. The van der Waals surface area contributed by atoms with Crippen LogP contribution in [-0.2, 0) is 4.74 Å². The highest BCUT2D eigenvalue weighted by Gasteiger charge is 2.42. The quantitative estimate of drug-likeness (QED) is 0.586. The number of nitrogens with one attached hydrogen (secondary N) is 2. The summed E-state index contributed by atoms with van der Waals surface area (Å²) in [5.74, 6) is 1.11. The van der Waals surface area contributed by atoms with Crippen molar-refractivity contribution in [3.8, 4) is 0 Å². The van der Waals surface area contributed by atoms with Crippen molar-refractivity contribution in [2.75, 3.05) is 48.7 Å². The molecule has 4 N–H and O–H groups in total. The largest absolute Gasteiger partial charge is 0.447 e. The molecule has 9 heteroatoms. The predicted molar refractivity (Wildman–Crippen MR) is 130 cm³/mol. The van der Waals surface area contributed by atoms with Crippen molar-refractivity contribution >= 4 is 23.7 Å². The van der Waals surface area contributed by atoms with E-state index in [4.69, 9.17) is 10.5 Å². The Hall–Kier alpha value is -2.91. The number of carbonyl (C=O) groups excluding carboxylic acids is 1. The number of hydrogen-bond donors (Lipinski definition) is 3. The standard InChI is InChI=1S/C24H35N7O2/c1-5-19(30-12-10-26-11-13-30)18-8-6-17(7-9-18)16(2)27-22-28-20(25)14-21(29-22)31-23(32)33-15-24(31,3)4/h6-9,14,16,19,26H,5,10-13,15H2,1-4H3,(H3,25,27,28,29)/t16-,19?/m0/s1. The Labute approximate surface area is 195 Å². The van der Waals surface area contributed by atoms with E-state index in [1.165, 1.54) is 10.5 Å². The molecule has 0 saturated carbocycles. The van der Waals surface area contributed by atoms with Gasteiger partial charge in [-0.25, -0.2) is 4.79 Å². The summed E-state index contributed by atoms with van der Waals surface area (Å²) in [6.45, 7) is 12.7. The third-order valence-corrected chi connectivity index (χ3v) is 6.44. The zero-order valence-corrected chi connectivity index (χ0v) is 20.0. The van der Waals surface area contributed by atoms with Crippen molar-refractivity contribution in [2.24, 2.45) is 0 Å². The lowest BCUT2D eigenvalue weighted by Gasteiger charge is -2.34. The molecule has 1 amide bonds. The topological polar surface area (TPSA) is 109 Å². The van der Waals surface area contributed by atoms with Crippen molar-refractivity contribution < 1.29 is 9.53 Å². The van der Waals surface area contributed by atoms with Crippen LogP contribution in [0.2, 0.25) is 0 Å². The maximum absolute atomic E-state index is 12.3. The smallest absolute Gasteiger partial charge is 0.416 e. The van der Waals surface area contributed by atoms with E-state index in [0.29, 0.717) is 30.2 Å². The fraction of sp³-hybridized carbons (Fsp3) is 0.542. The highest BCUT2D eigenvalue weighted by atomic mass is 16.6. The van der Waals surface area contributed by atoms with Crippen LogP contribution in [0.3, 0.4) is 0 Å². The van der Waals surface area contributed by atoms with Crippen LogP contribution in [0.1, 0.15) is 57.3 Å². The average molecular weight is 454 g/mol. The summed E-state index contributed by atoms with van der Waals surface area (Å²) in [6.07, 6.45) is 0.658. The molecule has 3 heterocycles. The maximum atomic E-state index is 12.3. The lowest BCUT2D eigenvalue weighted by Crippen LogP contribution is -2.45. The van der Waals surface area contributed by atoms with E-state index in [2.05, 4.69) is 63.6 Å². The number of amides is 1. The van der Waals surface area contributed by atoms with Crippen molar-refractivity contribution in [3.05, 3.63) is 41.5 Å². The van der Waals surface area contributed by atoms with Crippen molar-refractivity contribution in [1.29, 1.82) is 0 Å². The second kappa shape index (κ2) is 9.52. The van der Waals surface area contributed by atoms with Gasteiger partial charge in [-0.2, -0.15) is 9.97 Å². The van der Waals surface area contributed by atoms with Gasteiger partial charge >= 0.3 is 6.09 Å². The van der Waals surface area contributed by atoms with Crippen LogP contribution < -0.4 is 21.3 Å². The van der Waals surface area contributed by atoms with Gasteiger partial charge < -0.3 is 21.1 Å². The Morgan fingerprint density at radius 2 is 1.85 bits per heavy atom. The summed E-state index contributed by atoms with van der Waals surface area (Å²) < 4.78 is 5.21. The molecule has 33 heavy (non-hydrogen) atoms. The molecule has 178 valence electrons. The number of nitrogen functional groups attached to an aromatic ring is 1. The van der Waals surface area contributed by atoms with Crippen LogP contribution in [0.4, 0.5) is 22.4 Å². The van der Waals surface area contributed by atoms with E-state index < -0.39 is 11.6 Å². The first-order valence-electron chi connectivity index (χ1n) is 11.7. The minimum absolute atomic E-state index is 0.0356. The molecule has 4 rings (SSSR count). The van der Waals surface area contributed by atoms with E-state index >= 15 is 0 Å². The van der Waals surface area contributed by atoms with Crippen molar-refractivity contribution in [2.45, 2.75) is 51.7 Å². The van der Waals surface area contributed by atoms with Crippen LogP contribution in [0.15, 0.2) is 30.3 Å². The second-order valence-corrected chi connectivity index (χ2v) is 9.42. The van der Waals surface area contributed by atoms with E-state index in [1.807, 2.05) is 13.8 Å². The molecule has 0 aliphatic carbocycles. The second-order valence-electron chi connectivity index (χ2n) is 9.42.